The molecule has 1 aliphatic heterocycles. The van der Waals surface area contributed by atoms with Crippen molar-refractivity contribution >= 4 is 50.4 Å². The summed E-state index contributed by atoms with van der Waals surface area (Å²) < 4.78 is 34.3. The van der Waals surface area contributed by atoms with E-state index in [0.29, 0.717) is 17.1 Å². The van der Waals surface area contributed by atoms with Gasteiger partial charge in [0.25, 0.3) is 11.1 Å². The minimum Gasteiger partial charge on any atom is -0.493 e. The molecular weight excluding hydrogens is 426 g/mol. The van der Waals surface area contributed by atoms with Gasteiger partial charge in [-0.3, -0.25) is 14.9 Å². The van der Waals surface area contributed by atoms with E-state index >= 15 is 0 Å². The summed E-state index contributed by atoms with van der Waals surface area (Å²) in [6.45, 7) is 0. The van der Waals surface area contributed by atoms with Gasteiger partial charge in [0.1, 0.15) is 5.75 Å². The van der Waals surface area contributed by atoms with E-state index in [-0.39, 0.29) is 20.6 Å². The topological polar surface area (TPSA) is 98.8 Å². The van der Waals surface area contributed by atoms with Gasteiger partial charge in [-0.2, -0.15) is 0 Å². The lowest BCUT2D eigenvalue weighted by Crippen LogP contribution is -2.17. The lowest BCUT2D eigenvalue weighted by Gasteiger charge is -2.13. The lowest BCUT2D eigenvalue weighted by molar-refractivity contribution is -0.115. The summed E-state index contributed by atoms with van der Waals surface area (Å²) in [4.78, 5) is 23.3. The highest BCUT2D eigenvalue weighted by molar-refractivity contribution is 8.18. The molecular formula is C18H14ClNO6S2. The predicted octanol–water partition coefficient (Wildman–Crippen LogP) is 3.87. The maximum atomic E-state index is 11.7. The smallest absolute Gasteiger partial charge is 0.290 e. The molecule has 2 aromatic carbocycles. The fraction of sp³-hybridized carbons (Fsp3) is 0.111. The number of halogens is 1. The fourth-order valence-electron chi connectivity index (χ4n) is 2.34. The van der Waals surface area contributed by atoms with E-state index < -0.39 is 21.0 Å². The van der Waals surface area contributed by atoms with Crippen LogP contribution in [0.15, 0.2) is 46.2 Å². The minimum absolute atomic E-state index is 0.0840. The first kappa shape index (κ1) is 20.2. The Labute approximate surface area is 170 Å². The van der Waals surface area contributed by atoms with Crippen molar-refractivity contribution in [1.29, 1.82) is 0 Å². The second-order valence-corrected chi connectivity index (χ2v) is 9.17. The van der Waals surface area contributed by atoms with Crippen LogP contribution in [0.3, 0.4) is 0 Å². The molecule has 1 saturated heterocycles. The van der Waals surface area contributed by atoms with Crippen molar-refractivity contribution in [2.24, 2.45) is 0 Å². The number of amides is 2. The summed E-state index contributed by atoms with van der Waals surface area (Å²) >= 11 is 6.95. The van der Waals surface area contributed by atoms with Crippen molar-refractivity contribution < 1.29 is 27.5 Å². The molecule has 0 spiro atoms. The molecule has 1 N–H and O–H groups in total. The largest absolute Gasteiger partial charge is 0.493 e. The Balaban J connectivity index is 1.89. The Morgan fingerprint density at radius 3 is 2.36 bits per heavy atom. The van der Waals surface area contributed by atoms with Crippen LogP contribution < -0.4 is 14.8 Å². The molecule has 1 heterocycles. The van der Waals surface area contributed by atoms with Crippen molar-refractivity contribution in [2.75, 3.05) is 13.4 Å². The number of thioether (sulfide) groups is 1. The number of sulfone groups is 1. The van der Waals surface area contributed by atoms with Crippen LogP contribution in [-0.4, -0.2) is 32.9 Å². The van der Waals surface area contributed by atoms with Gasteiger partial charge >= 0.3 is 0 Å². The van der Waals surface area contributed by atoms with Crippen LogP contribution in [0.25, 0.3) is 6.08 Å². The third-order valence-electron chi connectivity index (χ3n) is 3.68. The molecule has 1 aliphatic rings. The Hall–Kier alpha value is -2.49. The molecule has 0 unspecified atom stereocenters. The van der Waals surface area contributed by atoms with Crippen LogP contribution in [0, 0.1) is 0 Å². The third kappa shape index (κ3) is 4.49. The van der Waals surface area contributed by atoms with Crippen LogP contribution in [0.1, 0.15) is 5.56 Å². The van der Waals surface area contributed by atoms with Gasteiger partial charge < -0.3 is 9.47 Å². The highest BCUT2D eigenvalue weighted by Crippen LogP contribution is 2.37. The quantitative estimate of drug-likeness (QED) is 0.706. The zero-order valence-corrected chi connectivity index (χ0v) is 17.1. The first-order valence-electron chi connectivity index (χ1n) is 7.78. The monoisotopic (exact) mass is 439 g/mol. The normalized spacial score (nSPS) is 15.6. The second kappa shape index (κ2) is 7.86. The zero-order chi connectivity index (χ0) is 20.5. The molecule has 0 radical (unpaired) electrons. The number of carbonyl (C=O) groups excluding carboxylic acids is 2. The number of ether oxygens (including phenoxy) is 2. The summed E-state index contributed by atoms with van der Waals surface area (Å²) in [5.74, 6) is 0.521. The van der Waals surface area contributed by atoms with Crippen LogP contribution in [0.4, 0.5) is 4.79 Å². The number of methoxy groups -OCH3 is 1. The summed E-state index contributed by atoms with van der Waals surface area (Å²) in [6.07, 6.45) is 2.65. The third-order valence-corrected chi connectivity index (χ3v) is 5.90. The number of rotatable bonds is 5. The zero-order valence-electron chi connectivity index (χ0n) is 14.7. The number of nitrogens with one attached hydrogen (secondary N) is 1. The molecule has 0 aliphatic carbocycles. The summed E-state index contributed by atoms with van der Waals surface area (Å²) in [5.41, 5.74) is 0.634. The minimum atomic E-state index is -3.38. The van der Waals surface area contributed by atoms with E-state index in [0.717, 1.165) is 18.0 Å². The summed E-state index contributed by atoms with van der Waals surface area (Å²) in [5, 5.41) is 1.90. The summed E-state index contributed by atoms with van der Waals surface area (Å²) in [7, 11) is -1.93. The first-order valence-corrected chi connectivity index (χ1v) is 10.9. The molecule has 0 saturated carbocycles. The van der Waals surface area contributed by atoms with Gasteiger partial charge in [0.2, 0.25) is 0 Å². The van der Waals surface area contributed by atoms with E-state index in [1.165, 1.54) is 25.3 Å². The number of hydrogen-bond acceptors (Lipinski definition) is 7. The predicted molar refractivity (Wildman–Crippen MR) is 107 cm³/mol. The molecule has 7 nitrogen and oxygen atoms in total. The average molecular weight is 440 g/mol. The number of imide groups is 1. The summed E-state index contributed by atoms with van der Waals surface area (Å²) in [6, 6.07) is 9.10. The van der Waals surface area contributed by atoms with Crippen LogP contribution >= 0.6 is 23.4 Å². The highest BCUT2D eigenvalue weighted by Gasteiger charge is 2.25. The van der Waals surface area contributed by atoms with E-state index in [2.05, 4.69) is 5.32 Å². The van der Waals surface area contributed by atoms with Gasteiger partial charge in [0.05, 0.1) is 21.9 Å². The van der Waals surface area contributed by atoms with Gasteiger partial charge in [-0.05, 0) is 53.7 Å². The average Bonchev–Trinajstić information content (AvgIpc) is 2.94. The number of hydrogen-bond donors (Lipinski definition) is 1. The van der Waals surface area contributed by atoms with Gasteiger partial charge in [-0.1, -0.05) is 17.7 Å². The molecule has 10 heteroatoms. The maximum absolute atomic E-state index is 11.7. The second-order valence-electron chi connectivity index (χ2n) is 5.73. The lowest BCUT2D eigenvalue weighted by atomic mass is 10.2. The molecule has 0 atom stereocenters. The van der Waals surface area contributed by atoms with Gasteiger partial charge in [-0.15, -0.1) is 0 Å². The number of benzene rings is 2. The van der Waals surface area contributed by atoms with E-state index in [9.17, 15) is 18.0 Å². The Morgan fingerprint density at radius 2 is 1.79 bits per heavy atom. The van der Waals surface area contributed by atoms with Crippen LogP contribution in [0.5, 0.6) is 17.2 Å². The van der Waals surface area contributed by atoms with Crippen LogP contribution in [-0.2, 0) is 14.6 Å². The van der Waals surface area contributed by atoms with Crippen molar-refractivity contribution in [3.05, 3.63) is 51.9 Å². The van der Waals surface area contributed by atoms with E-state index in [1.807, 2.05) is 0 Å². The van der Waals surface area contributed by atoms with Gasteiger partial charge in [-0.25, -0.2) is 8.42 Å². The van der Waals surface area contributed by atoms with E-state index in [1.54, 1.807) is 24.3 Å². The number of carbonyl (C=O) groups is 2. The SMILES string of the molecule is COc1cc(/C=C2/SC(=O)NC2=O)ccc1Oc1ccc(S(C)(=O)=O)cc1Cl. The molecule has 0 bridgehead atoms. The maximum Gasteiger partial charge on any atom is 0.290 e. The first-order chi connectivity index (χ1) is 13.2. The highest BCUT2D eigenvalue weighted by atomic mass is 35.5. The van der Waals surface area contributed by atoms with Gasteiger partial charge in [0, 0.05) is 6.26 Å². The fourth-order valence-corrected chi connectivity index (χ4v) is 3.96. The van der Waals surface area contributed by atoms with Crippen LogP contribution in [0.2, 0.25) is 5.02 Å². The Bertz CT molecular complexity index is 1110. The standard InChI is InChI=1S/C18H14ClNO6S2/c1-25-15-7-10(8-16-17(21)20-18(22)27-16)3-5-14(15)26-13-6-4-11(9-12(13)19)28(2,23)24/h3-9H,1-2H3,(H,20,21,22)/b16-8+. The van der Waals surface area contributed by atoms with Gasteiger partial charge in [0.15, 0.2) is 21.3 Å². The molecule has 2 aromatic rings. The molecule has 3 rings (SSSR count). The molecule has 1 fully saturated rings. The molecule has 28 heavy (non-hydrogen) atoms. The molecule has 146 valence electrons. The van der Waals surface area contributed by atoms with Crippen molar-refractivity contribution in [3.63, 3.8) is 0 Å². The molecule has 2 amide bonds. The van der Waals surface area contributed by atoms with Crippen molar-refractivity contribution in [1.82, 2.24) is 5.32 Å². The molecule has 0 aromatic heterocycles. The van der Waals surface area contributed by atoms with E-state index in [4.69, 9.17) is 21.1 Å². The van der Waals surface area contributed by atoms with Crippen molar-refractivity contribution in [2.45, 2.75) is 4.90 Å². The van der Waals surface area contributed by atoms with Crippen molar-refractivity contribution in [3.8, 4) is 17.2 Å². The Kier molecular flexibility index (Phi) is 5.69. The Morgan fingerprint density at radius 1 is 1.07 bits per heavy atom.